The number of nitriles is 1. The highest BCUT2D eigenvalue weighted by molar-refractivity contribution is 6.13. The number of nitrogens with zero attached hydrogens (tertiary/aromatic N) is 4. The number of aryl methyl sites for hydroxylation is 4. The van der Waals surface area contributed by atoms with Crippen LogP contribution >= 0.6 is 0 Å². The van der Waals surface area contributed by atoms with Gasteiger partial charge in [0.15, 0.2) is 0 Å². The Hall–Kier alpha value is -7.66. The third-order valence-electron chi connectivity index (χ3n) is 11.7. The molecule has 2 heterocycles. The van der Waals surface area contributed by atoms with Crippen molar-refractivity contribution in [3.63, 3.8) is 0 Å². The van der Waals surface area contributed by atoms with Gasteiger partial charge < -0.3 is 9.13 Å². The lowest BCUT2D eigenvalue weighted by Crippen LogP contribution is -2.03. The molecule has 0 aliphatic rings. The molecule has 0 bridgehead atoms. The van der Waals surface area contributed by atoms with Gasteiger partial charge in [-0.3, -0.25) is 0 Å². The van der Waals surface area contributed by atoms with Gasteiger partial charge in [-0.15, -0.1) is 0 Å². The van der Waals surface area contributed by atoms with E-state index in [1.54, 1.807) is 0 Å². The van der Waals surface area contributed by atoms with Gasteiger partial charge in [0, 0.05) is 21.5 Å². The van der Waals surface area contributed by atoms with Crippen LogP contribution in [-0.2, 0) is 0 Å². The Kier molecular flexibility index (Phi) is 8.11. The number of hydrogen-bond donors (Lipinski definition) is 0. The van der Waals surface area contributed by atoms with Crippen molar-refractivity contribution in [2.24, 2.45) is 0 Å². The van der Waals surface area contributed by atoms with E-state index in [9.17, 15) is 5.26 Å². The summed E-state index contributed by atoms with van der Waals surface area (Å²) in [4.78, 5) is 4.49. The average Bonchev–Trinajstić information content (AvgIpc) is 3.75. The van der Waals surface area contributed by atoms with E-state index in [0.29, 0.717) is 11.3 Å². The second-order valence-corrected chi connectivity index (χ2v) is 15.4. The Labute approximate surface area is 337 Å². The first-order valence-corrected chi connectivity index (χ1v) is 19.6. The zero-order valence-corrected chi connectivity index (χ0v) is 32.8. The van der Waals surface area contributed by atoms with Crippen LogP contribution in [0.4, 0.5) is 5.69 Å². The molecule has 4 heteroatoms. The molecule has 0 saturated carbocycles. The maximum atomic E-state index is 10.0. The van der Waals surface area contributed by atoms with Crippen LogP contribution in [0.25, 0.3) is 93.2 Å². The lowest BCUT2D eigenvalue weighted by Gasteiger charge is -2.20. The summed E-state index contributed by atoms with van der Waals surface area (Å²) in [5.74, 6) is 0. The lowest BCUT2D eigenvalue weighted by atomic mass is 9.97. The fourth-order valence-electron chi connectivity index (χ4n) is 9.13. The van der Waals surface area contributed by atoms with E-state index in [-0.39, 0.29) is 0 Å². The lowest BCUT2D eigenvalue weighted by molar-refractivity contribution is 1.15. The van der Waals surface area contributed by atoms with Gasteiger partial charge >= 0.3 is 0 Å². The first-order valence-electron chi connectivity index (χ1n) is 19.6. The molecule has 0 spiro atoms. The van der Waals surface area contributed by atoms with Gasteiger partial charge in [-0.25, -0.2) is 4.85 Å². The van der Waals surface area contributed by atoms with Gasteiger partial charge in [0.25, 0.3) is 0 Å². The minimum Gasteiger partial charge on any atom is -0.319 e. The second-order valence-electron chi connectivity index (χ2n) is 15.4. The molecule has 0 atom stereocenters. The van der Waals surface area contributed by atoms with Crippen molar-refractivity contribution in [1.82, 2.24) is 9.13 Å². The standard InChI is InChI=1S/C54H38N4/c1-33-17-21-41(35(3)27-33)39-19-23-46-44-13-6-8-15-48(44)57(51(46)30-39)50-26-25-43(38-12-10-11-37(29-38)32-55)54(53(50)56-5)58-49-16-9-7-14-45(49)47-24-20-40(31-52(47)58)42-22-18-34(2)28-36(42)4/h6-31H,1-4H3. The molecule has 0 amide bonds. The molecule has 8 aromatic carbocycles. The maximum absolute atomic E-state index is 10.0. The number of hydrogen-bond acceptors (Lipinski definition) is 1. The molecule has 274 valence electrons. The van der Waals surface area contributed by atoms with Crippen molar-refractivity contribution in [2.75, 3.05) is 0 Å². The summed E-state index contributed by atoms with van der Waals surface area (Å²) in [6, 6.07) is 57.9. The van der Waals surface area contributed by atoms with Crippen molar-refractivity contribution in [3.05, 3.63) is 197 Å². The first-order chi connectivity index (χ1) is 28.3. The fraction of sp³-hybridized carbons (Fsp3) is 0.0741. The second kappa shape index (κ2) is 13.5. The predicted molar refractivity (Wildman–Crippen MR) is 241 cm³/mol. The Morgan fingerprint density at radius 2 is 0.983 bits per heavy atom. The smallest absolute Gasteiger partial charge is 0.234 e. The summed E-state index contributed by atoms with van der Waals surface area (Å²) >= 11 is 0. The minimum absolute atomic E-state index is 0.527. The van der Waals surface area contributed by atoms with Gasteiger partial charge in [-0.05, 0) is 115 Å². The van der Waals surface area contributed by atoms with Crippen molar-refractivity contribution >= 4 is 49.3 Å². The van der Waals surface area contributed by atoms with Crippen LogP contribution < -0.4 is 0 Å². The van der Waals surface area contributed by atoms with Gasteiger partial charge in [0.1, 0.15) is 0 Å². The Bertz CT molecular complexity index is 3410. The molecule has 0 saturated heterocycles. The Balaban J connectivity index is 1.34. The number of para-hydroxylation sites is 2. The van der Waals surface area contributed by atoms with E-state index in [1.807, 2.05) is 24.3 Å². The summed E-state index contributed by atoms with van der Waals surface area (Å²) < 4.78 is 4.57. The van der Waals surface area contributed by atoms with E-state index in [1.165, 1.54) is 33.4 Å². The van der Waals surface area contributed by atoms with Gasteiger partial charge in [0.2, 0.25) is 5.69 Å². The summed E-state index contributed by atoms with van der Waals surface area (Å²) in [5.41, 5.74) is 18.0. The van der Waals surface area contributed by atoms with Crippen LogP contribution in [0.15, 0.2) is 158 Å². The third-order valence-corrected chi connectivity index (χ3v) is 11.7. The van der Waals surface area contributed by atoms with Crippen molar-refractivity contribution in [1.29, 1.82) is 5.26 Å². The van der Waals surface area contributed by atoms with Crippen LogP contribution in [0, 0.1) is 45.6 Å². The van der Waals surface area contributed by atoms with E-state index < -0.39 is 0 Å². The molecule has 0 fully saturated rings. The molecule has 4 nitrogen and oxygen atoms in total. The molecular formula is C54H38N4. The minimum atomic E-state index is 0.527. The normalized spacial score (nSPS) is 11.4. The highest BCUT2D eigenvalue weighted by atomic mass is 15.1. The summed E-state index contributed by atoms with van der Waals surface area (Å²) in [5, 5.41) is 14.5. The monoisotopic (exact) mass is 742 g/mol. The molecule has 0 unspecified atom stereocenters. The molecule has 58 heavy (non-hydrogen) atoms. The van der Waals surface area contributed by atoms with Crippen molar-refractivity contribution < 1.29 is 0 Å². The van der Waals surface area contributed by atoms with Crippen LogP contribution in [0.1, 0.15) is 27.8 Å². The fourth-order valence-corrected chi connectivity index (χ4v) is 9.13. The molecular weight excluding hydrogens is 705 g/mol. The average molecular weight is 743 g/mol. The quantitative estimate of drug-likeness (QED) is 0.162. The van der Waals surface area contributed by atoms with Crippen molar-refractivity contribution in [3.8, 4) is 50.8 Å². The van der Waals surface area contributed by atoms with E-state index >= 15 is 0 Å². The SMILES string of the molecule is [C-]#[N+]c1c(-n2c3ccccc3c3ccc(-c4ccc(C)cc4C)cc32)ccc(-c2cccc(C#N)c2)c1-n1c2ccccc2c2ccc(-c3ccc(C)cc3C)cc21. The van der Waals surface area contributed by atoms with E-state index in [2.05, 4.69) is 181 Å². The Morgan fingerprint density at radius 1 is 0.466 bits per heavy atom. The summed E-state index contributed by atoms with van der Waals surface area (Å²) in [6.07, 6.45) is 0. The largest absolute Gasteiger partial charge is 0.319 e. The van der Waals surface area contributed by atoms with Crippen molar-refractivity contribution in [2.45, 2.75) is 27.7 Å². The number of rotatable bonds is 5. The number of benzene rings is 8. The summed E-state index contributed by atoms with van der Waals surface area (Å²) in [6.45, 7) is 17.7. The maximum Gasteiger partial charge on any atom is 0.234 e. The summed E-state index contributed by atoms with van der Waals surface area (Å²) in [7, 11) is 0. The topological polar surface area (TPSA) is 38.0 Å². The highest BCUT2D eigenvalue weighted by Crippen LogP contribution is 2.47. The Morgan fingerprint density at radius 3 is 1.55 bits per heavy atom. The van der Waals surface area contributed by atoms with Crippen LogP contribution in [0.2, 0.25) is 0 Å². The third kappa shape index (κ3) is 5.42. The molecule has 10 aromatic rings. The van der Waals surface area contributed by atoms with Crippen LogP contribution in [0.5, 0.6) is 0 Å². The molecule has 10 rings (SSSR count). The van der Waals surface area contributed by atoms with Gasteiger partial charge in [-0.1, -0.05) is 126 Å². The first kappa shape index (κ1) is 34.8. The molecule has 0 aliphatic carbocycles. The van der Waals surface area contributed by atoms with Crippen LogP contribution in [0.3, 0.4) is 0 Å². The zero-order chi connectivity index (χ0) is 39.7. The molecule has 0 radical (unpaired) electrons. The van der Waals surface area contributed by atoms with E-state index in [4.69, 9.17) is 6.57 Å². The molecule has 0 N–H and O–H groups in total. The molecule has 0 aliphatic heterocycles. The van der Waals surface area contributed by atoms with Gasteiger partial charge in [-0.2, -0.15) is 5.26 Å². The highest BCUT2D eigenvalue weighted by Gasteiger charge is 2.25. The predicted octanol–water partition coefficient (Wildman–Crippen LogP) is 14.5. The van der Waals surface area contributed by atoms with E-state index in [0.717, 1.165) is 77.2 Å². The zero-order valence-electron chi connectivity index (χ0n) is 32.8. The number of aromatic nitrogens is 2. The van der Waals surface area contributed by atoms with Gasteiger partial charge in [0.05, 0.1) is 51.6 Å². The van der Waals surface area contributed by atoms with Crippen LogP contribution in [-0.4, -0.2) is 9.13 Å². The number of fused-ring (bicyclic) bond motifs is 6. The molecule has 2 aromatic heterocycles.